The number of allylic oxidation sites excluding steroid dienone is 1. The molecule has 1 aromatic rings. The first-order valence-corrected chi connectivity index (χ1v) is 13.7. The number of ether oxygens (including phenoxy) is 1. The summed E-state index contributed by atoms with van der Waals surface area (Å²) in [6.45, 7) is 1.80. The summed E-state index contributed by atoms with van der Waals surface area (Å²) in [5.41, 5.74) is 2.22. The highest BCUT2D eigenvalue weighted by Crippen LogP contribution is 2.53. The van der Waals surface area contributed by atoms with Crippen molar-refractivity contribution in [1.29, 1.82) is 0 Å². The van der Waals surface area contributed by atoms with Crippen molar-refractivity contribution >= 4 is 17.5 Å². The highest BCUT2D eigenvalue weighted by atomic mass is 19.1. The average Bonchev–Trinajstić information content (AvgIpc) is 3.35. The fourth-order valence-electron chi connectivity index (χ4n) is 7.33. The molecule has 11 nitrogen and oxygen atoms in total. The Morgan fingerprint density at radius 1 is 1.22 bits per heavy atom. The lowest BCUT2D eigenvalue weighted by molar-refractivity contribution is -0.149. The molecule has 1 aromatic carbocycles. The standard InChI is InChI=1S/C29H37FN4O7/c1-32(2)15-6-7-34(12-15)11-14-10-18(35)20-16(22(14)30)8-13-9-17-23(33(3)4)25(37)21(28(31)39)26(38)29(17,40)27(41-5)19(13)24(20)36/h10,13,15,17,23,35,37,40H,6-9,11-12H2,1-5H3,(H2,31,39)/t13-,15-,17?,23-,29+/m0/s1. The molecule has 1 unspecified atom stereocenters. The number of amides is 1. The number of Topliss-reactive ketones (excluding diaryl/α,β-unsaturated/α-hetero) is 2. The lowest BCUT2D eigenvalue weighted by Crippen LogP contribution is -2.64. The second-order valence-corrected chi connectivity index (χ2v) is 12.0. The van der Waals surface area contributed by atoms with Gasteiger partial charge >= 0.3 is 0 Å². The molecule has 222 valence electrons. The number of aliphatic hydroxyl groups is 2. The number of nitrogens with zero attached hydrogens (tertiary/aromatic N) is 3. The van der Waals surface area contributed by atoms with E-state index < -0.39 is 63.9 Å². The van der Waals surface area contributed by atoms with Crippen molar-refractivity contribution in [3.8, 4) is 5.75 Å². The quantitative estimate of drug-likeness (QED) is 0.354. The molecule has 1 amide bonds. The Hall–Kier alpha value is -3.32. The lowest BCUT2D eigenvalue weighted by atomic mass is 9.58. The van der Waals surface area contributed by atoms with Gasteiger partial charge in [0.2, 0.25) is 5.78 Å². The molecule has 41 heavy (non-hydrogen) atoms. The Labute approximate surface area is 237 Å². The predicted octanol–water partition coefficient (Wildman–Crippen LogP) is 0.484. The molecule has 1 heterocycles. The van der Waals surface area contributed by atoms with E-state index in [0.29, 0.717) is 6.04 Å². The summed E-state index contributed by atoms with van der Waals surface area (Å²) in [7, 11) is 8.39. The molecule has 1 fully saturated rings. The van der Waals surface area contributed by atoms with Gasteiger partial charge in [0.15, 0.2) is 11.4 Å². The van der Waals surface area contributed by atoms with Crippen molar-refractivity contribution in [3.63, 3.8) is 0 Å². The number of benzene rings is 1. The number of aliphatic hydroxyl groups excluding tert-OH is 1. The minimum Gasteiger partial charge on any atom is -0.510 e. The number of halogens is 1. The molecule has 0 saturated carbocycles. The van der Waals surface area contributed by atoms with Crippen molar-refractivity contribution < 1.29 is 38.8 Å². The largest absolute Gasteiger partial charge is 0.510 e. The minimum atomic E-state index is -2.49. The van der Waals surface area contributed by atoms with Crippen LogP contribution in [0.5, 0.6) is 5.75 Å². The Morgan fingerprint density at radius 3 is 2.46 bits per heavy atom. The van der Waals surface area contributed by atoms with Gasteiger partial charge in [-0.25, -0.2) is 4.39 Å². The van der Waals surface area contributed by atoms with Crippen LogP contribution in [0.4, 0.5) is 4.39 Å². The van der Waals surface area contributed by atoms with Gasteiger partial charge in [0.05, 0.1) is 18.7 Å². The van der Waals surface area contributed by atoms with Gasteiger partial charge in [0.1, 0.15) is 28.7 Å². The van der Waals surface area contributed by atoms with Crippen molar-refractivity contribution in [1.82, 2.24) is 14.7 Å². The molecule has 3 aliphatic carbocycles. The van der Waals surface area contributed by atoms with Gasteiger partial charge < -0.3 is 30.7 Å². The van der Waals surface area contributed by atoms with E-state index in [4.69, 9.17) is 10.5 Å². The molecule has 4 aliphatic rings. The summed E-state index contributed by atoms with van der Waals surface area (Å²) in [5, 5.41) is 33.9. The van der Waals surface area contributed by atoms with Crippen LogP contribution in [0.3, 0.4) is 0 Å². The van der Waals surface area contributed by atoms with Crippen LogP contribution in [0.2, 0.25) is 0 Å². The maximum Gasteiger partial charge on any atom is 0.255 e. The number of primary amides is 1. The van der Waals surface area contributed by atoms with Crippen LogP contribution < -0.4 is 5.73 Å². The number of methoxy groups -OCH3 is 1. The van der Waals surface area contributed by atoms with E-state index in [1.807, 2.05) is 14.1 Å². The number of phenols is 1. The average molecular weight is 573 g/mol. The topological polar surface area (TPSA) is 157 Å². The number of carbonyl (C=O) groups is 3. The van der Waals surface area contributed by atoms with Crippen molar-refractivity contribution in [2.75, 3.05) is 48.4 Å². The van der Waals surface area contributed by atoms with Gasteiger partial charge in [-0.2, -0.15) is 0 Å². The zero-order valence-electron chi connectivity index (χ0n) is 23.9. The first-order chi connectivity index (χ1) is 19.2. The number of aromatic hydroxyl groups is 1. The molecule has 5 atom stereocenters. The van der Waals surface area contributed by atoms with E-state index in [1.54, 1.807) is 19.0 Å². The fourth-order valence-corrected chi connectivity index (χ4v) is 7.33. The number of rotatable bonds is 6. The number of likely N-dealkylation sites (N-methyl/N-ethyl adjacent to an activating group) is 2. The Morgan fingerprint density at radius 2 is 1.90 bits per heavy atom. The lowest BCUT2D eigenvalue weighted by Gasteiger charge is -2.50. The number of hydrogen-bond donors (Lipinski definition) is 4. The van der Waals surface area contributed by atoms with Crippen LogP contribution >= 0.6 is 0 Å². The number of phenolic OH excluding ortho intramolecular Hbond substituents is 1. The normalized spacial score (nSPS) is 30.2. The summed E-state index contributed by atoms with van der Waals surface area (Å²) in [4.78, 5) is 45.5. The number of hydrogen-bond acceptors (Lipinski definition) is 10. The van der Waals surface area contributed by atoms with E-state index in [1.165, 1.54) is 13.2 Å². The number of carbonyl (C=O) groups excluding carboxylic acids is 3. The molecule has 0 bridgehead atoms. The van der Waals surface area contributed by atoms with Gasteiger partial charge in [-0.05, 0) is 59.4 Å². The summed E-state index contributed by atoms with van der Waals surface area (Å²) >= 11 is 0. The van der Waals surface area contributed by atoms with Gasteiger partial charge in [-0.15, -0.1) is 0 Å². The molecule has 5 rings (SSSR count). The van der Waals surface area contributed by atoms with Crippen molar-refractivity contribution in [2.45, 2.75) is 43.5 Å². The molecule has 1 saturated heterocycles. The summed E-state index contributed by atoms with van der Waals surface area (Å²) < 4.78 is 21.6. The Balaban J connectivity index is 1.61. The first kappa shape index (κ1) is 29.2. The van der Waals surface area contributed by atoms with E-state index in [2.05, 4.69) is 9.80 Å². The van der Waals surface area contributed by atoms with Gasteiger partial charge in [0, 0.05) is 48.3 Å². The second-order valence-electron chi connectivity index (χ2n) is 12.0. The van der Waals surface area contributed by atoms with Crippen LogP contribution in [0.15, 0.2) is 28.7 Å². The van der Waals surface area contributed by atoms with Gasteiger partial charge in [-0.1, -0.05) is 0 Å². The first-order valence-electron chi connectivity index (χ1n) is 13.7. The van der Waals surface area contributed by atoms with E-state index in [9.17, 15) is 29.7 Å². The highest BCUT2D eigenvalue weighted by molar-refractivity contribution is 6.24. The smallest absolute Gasteiger partial charge is 0.255 e. The molecular formula is C29H37FN4O7. The third-order valence-corrected chi connectivity index (χ3v) is 9.28. The summed E-state index contributed by atoms with van der Waals surface area (Å²) in [6.07, 6.45) is 0.940. The Kier molecular flexibility index (Phi) is 7.26. The zero-order chi connectivity index (χ0) is 30.1. The number of likely N-dealkylation sites (tertiary alicyclic amines) is 1. The fraction of sp³-hybridized carbons (Fsp3) is 0.552. The van der Waals surface area contributed by atoms with Crippen LogP contribution in [-0.4, -0.2) is 114 Å². The molecule has 12 heteroatoms. The van der Waals surface area contributed by atoms with Crippen LogP contribution in [0.25, 0.3) is 0 Å². The molecule has 0 spiro atoms. The van der Waals surface area contributed by atoms with Crippen LogP contribution in [0, 0.1) is 17.7 Å². The zero-order valence-corrected chi connectivity index (χ0v) is 23.9. The molecule has 5 N–H and O–H groups in total. The number of nitrogens with two attached hydrogens (primary N) is 1. The van der Waals surface area contributed by atoms with Gasteiger partial charge in [0.25, 0.3) is 5.91 Å². The van der Waals surface area contributed by atoms with Crippen molar-refractivity contribution in [3.05, 3.63) is 51.2 Å². The van der Waals surface area contributed by atoms with Crippen LogP contribution in [0.1, 0.15) is 34.3 Å². The number of ketones is 2. The molecule has 0 radical (unpaired) electrons. The molecule has 1 aliphatic heterocycles. The summed E-state index contributed by atoms with van der Waals surface area (Å²) in [6, 6.07) is 0.589. The third-order valence-electron chi connectivity index (χ3n) is 9.28. The molecule has 0 aromatic heterocycles. The highest BCUT2D eigenvalue weighted by Gasteiger charge is 2.63. The second kappa shape index (κ2) is 10.2. The van der Waals surface area contributed by atoms with E-state index >= 15 is 4.39 Å². The molecular weight excluding hydrogens is 535 g/mol. The minimum absolute atomic E-state index is 0.00433. The maximum absolute atomic E-state index is 16.1. The van der Waals surface area contributed by atoms with E-state index in [0.717, 1.165) is 19.5 Å². The SMILES string of the molecule is COC1=C2C(=O)c3c(O)cc(CN4CC[C@H](N(C)C)C4)c(F)c3C[C@H]2CC2[C@H](N(C)C)C(O)=C(C(N)=O)C(=O)[C@@]12O. The summed E-state index contributed by atoms with van der Waals surface area (Å²) in [5.74, 6) is -6.80. The van der Waals surface area contributed by atoms with Crippen LogP contribution in [-0.2, 0) is 27.3 Å². The Bertz CT molecular complexity index is 1400. The number of fused-ring (bicyclic) bond motifs is 3. The third kappa shape index (κ3) is 4.27. The predicted molar refractivity (Wildman–Crippen MR) is 145 cm³/mol. The maximum atomic E-state index is 16.1. The monoisotopic (exact) mass is 572 g/mol. The van der Waals surface area contributed by atoms with Gasteiger partial charge in [-0.3, -0.25) is 24.2 Å². The van der Waals surface area contributed by atoms with E-state index in [-0.39, 0.29) is 47.4 Å². The van der Waals surface area contributed by atoms with Crippen molar-refractivity contribution in [2.24, 2.45) is 17.6 Å².